The van der Waals surface area contributed by atoms with Crippen molar-refractivity contribution in [3.63, 3.8) is 0 Å². The topological polar surface area (TPSA) is 44.9 Å². The fourth-order valence-corrected chi connectivity index (χ4v) is 2.33. The third-order valence-electron chi connectivity index (χ3n) is 3.32. The number of hydrogen-bond donors (Lipinski definition) is 1. The van der Waals surface area contributed by atoms with E-state index in [1.807, 2.05) is 19.0 Å². The van der Waals surface area contributed by atoms with E-state index < -0.39 is 0 Å². The molecule has 2 N–H and O–H groups in total. The number of rotatable bonds is 5. The second-order valence-corrected chi connectivity index (χ2v) is 5.62. The van der Waals surface area contributed by atoms with E-state index in [1.165, 1.54) is 32.4 Å². The lowest BCUT2D eigenvalue weighted by atomic mass is 10.0. The summed E-state index contributed by atoms with van der Waals surface area (Å²) >= 11 is 0. The monoisotopic (exact) mass is 240 g/mol. The van der Waals surface area contributed by atoms with Gasteiger partial charge in [-0.15, -0.1) is 0 Å². The standard InChI is InChI=1S/C13H28N4/c1-11(2)9-12(17-7-5-6-8-17)10-15-13(14)16(3)4/h11-12H,5-10H2,1-4H3,(H2,14,15)/t12-/m1/s1. The van der Waals surface area contributed by atoms with Crippen LogP contribution in [-0.2, 0) is 0 Å². The molecule has 0 aliphatic carbocycles. The minimum atomic E-state index is 0.566. The van der Waals surface area contributed by atoms with Gasteiger partial charge in [0.2, 0.25) is 0 Å². The number of aliphatic imine (C=N–C) groups is 1. The summed E-state index contributed by atoms with van der Waals surface area (Å²) in [5.41, 5.74) is 5.85. The Kier molecular flexibility index (Phi) is 5.75. The minimum Gasteiger partial charge on any atom is -0.370 e. The van der Waals surface area contributed by atoms with Gasteiger partial charge < -0.3 is 10.6 Å². The highest BCUT2D eigenvalue weighted by Crippen LogP contribution is 2.18. The Morgan fingerprint density at radius 1 is 1.29 bits per heavy atom. The molecule has 1 rings (SSSR count). The Labute approximate surface area is 106 Å². The minimum absolute atomic E-state index is 0.566. The molecule has 100 valence electrons. The maximum atomic E-state index is 5.85. The molecule has 1 atom stereocenters. The maximum Gasteiger partial charge on any atom is 0.190 e. The Hall–Kier alpha value is -0.770. The predicted molar refractivity (Wildman–Crippen MR) is 74.2 cm³/mol. The third kappa shape index (κ3) is 4.94. The zero-order valence-corrected chi connectivity index (χ0v) is 11.8. The third-order valence-corrected chi connectivity index (χ3v) is 3.32. The van der Waals surface area contributed by atoms with E-state index >= 15 is 0 Å². The average molecular weight is 240 g/mol. The van der Waals surface area contributed by atoms with Crippen LogP contribution in [0.3, 0.4) is 0 Å². The highest BCUT2D eigenvalue weighted by molar-refractivity contribution is 5.77. The first-order valence-electron chi connectivity index (χ1n) is 6.72. The normalized spacial score (nSPS) is 19.9. The van der Waals surface area contributed by atoms with Gasteiger partial charge in [0.15, 0.2) is 5.96 Å². The summed E-state index contributed by atoms with van der Waals surface area (Å²) in [6, 6.07) is 0.566. The summed E-state index contributed by atoms with van der Waals surface area (Å²) in [4.78, 5) is 8.95. The molecule has 1 aliphatic heterocycles. The van der Waals surface area contributed by atoms with Gasteiger partial charge in [-0.25, -0.2) is 0 Å². The summed E-state index contributed by atoms with van der Waals surface area (Å²) < 4.78 is 0. The molecule has 1 aliphatic rings. The van der Waals surface area contributed by atoms with Gasteiger partial charge >= 0.3 is 0 Å². The zero-order chi connectivity index (χ0) is 12.8. The second kappa shape index (κ2) is 6.84. The van der Waals surface area contributed by atoms with Crippen LogP contribution in [0.4, 0.5) is 0 Å². The van der Waals surface area contributed by atoms with E-state index in [2.05, 4.69) is 23.7 Å². The van der Waals surface area contributed by atoms with E-state index in [0.29, 0.717) is 12.0 Å². The van der Waals surface area contributed by atoms with Gasteiger partial charge in [-0.2, -0.15) is 0 Å². The Morgan fingerprint density at radius 2 is 1.88 bits per heavy atom. The predicted octanol–water partition coefficient (Wildman–Crippen LogP) is 1.37. The lowest BCUT2D eigenvalue weighted by Gasteiger charge is -2.28. The summed E-state index contributed by atoms with van der Waals surface area (Å²) in [6.45, 7) is 7.86. The molecule has 0 radical (unpaired) electrons. The van der Waals surface area contributed by atoms with Crippen LogP contribution in [0.15, 0.2) is 4.99 Å². The Bertz CT molecular complexity index is 242. The summed E-state index contributed by atoms with van der Waals surface area (Å²) in [7, 11) is 3.87. The van der Waals surface area contributed by atoms with Crippen molar-refractivity contribution in [2.75, 3.05) is 33.7 Å². The molecule has 1 heterocycles. The van der Waals surface area contributed by atoms with E-state index in [-0.39, 0.29) is 0 Å². The molecule has 4 nitrogen and oxygen atoms in total. The van der Waals surface area contributed by atoms with Crippen molar-refractivity contribution in [1.82, 2.24) is 9.80 Å². The SMILES string of the molecule is CC(C)C[C@H](CN=C(N)N(C)C)N1CCCC1. The van der Waals surface area contributed by atoms with Crippen molar-refractivity contribution >= 4 is 5.96 Å². The van der Waals surface area contributed by atoms with E-state index in [9.17, 15) is 0 Å². The molecule has 17 heavy (non-hydrogen) atoms. The van der Waals surface area contributed by atoms with Crippen molar-refractivity contribution in [3.05, 3.63) is 0 Å². The molecule has 1 fully saturated rings. The molecular weight excluding hydrogens is 212 g/mol. The molecule has 0 amide bonds. The molecular formula is C13H28N4. The van der Waals surface area contributed by atoms with Crippen LogP contribution < -0.4 is 5.73 Å². The van der Waals surface area contributed by atoms with Gasteiger partial charge in [0.25, 0.3) is 0 Å². The fourth-order valence-electron chi connectivity index (χ4n) is 2.33. The number of nitrogens with zero attached hydrogens (tertiary/aromatic N) is 3. The first-order valence-corrected chi connectivity index (χ1v) is 6.72. The van der Waals surface area contributed by atoms with Crippen LogP contribution in [-0.4, -0.2) is 55.5 Å². The van der Waals surface area contributed by atoms with Crippen LogP contribution in [0.2, 0.25) is 0 Å². The smallest absolute Gasteiger partial charge is 0.190 e. The van der Waals surface area contributed by atoms with Crippen LogP contribution in [0, 0.1) is 5.92 Å². The number of nitrogens with two attached hydrogens (primary N) is 1. The van der Waals surface area contributed by atoms with Crippen molar-refractivity contribution < 1.29 is 0 Å². The van der Waals surface area contributed by atoms with Gasteiger partial charge in [0.05, 0.1) is 6.54 Å². The van der Waals surface area contributed by atoms with Crippen molar-refractivity contribution in [3.8, 4) is 0 Å². The van der Waals surface area contributed by atoms with E-state index in [1.54, 1.807) is 0 Å². The first kappa shape index (κ1) is 14.3. The molecule has 0 saturated carbocycles. The summed E-state index contributed by atoms with van der Waals surface area (Å²) in [6.07, 6.45) is 3.88. The van der Waals surface area contributed by atoms with Crippen LogP contribution >= 0.6 is 0 Å². The molecule has 0 spiro atoms. The summed E-state index contributed by atoms with van der Waals surface area (Å²) in [5, 5.41) is 0. The number of likely N-dealkylation sites (tertiary alicyclic amines) is 1. The zero-order valence-electron chi connectivity index (χ0n) is 11.8. The Morgan fingerprint density at radius 3 is 2.35 bits per heavy atom. The molecule has 0 unspecified atom stereocenters. The second-order valence-electron chi connectivity index (χ2n) is 5.62. The number of guanidine groups is 1. The van der Waals surface area contributed by atoms with Gasteiger partial charge in [0.1, 0.15) is 0 Å². The van der Waals surface area contributed by atoms with Crippen molar-refractivity contribution in [2.24, 2.45) is 16.6 Å². The average Bonchev–Trinajstić information content (AvgIpc) is 2.76. The highest BCUT2D eigenvalue weighted by Gasteiger charge is 2.22. The lowest BCUT2D eigenvalue weighted by Crippen LogP contribution is -2.38. The molecule has 1 saturated heterocycles. The van der Waals surface area contributed by atoms with Gasteiger partial charge in [-0.1, -0.05) is 13.8 Å². The highest BCUT2D eigenvalue weighted by atomic mass is 15.2. The van der Waals surface area contributed by atoms with E-state index in [0.717, 1.165) is 12.5 Å². The lowest BCUT2D eigenvalue weighted by molar-refractivity contribution is 0.218. The van der Waals surface area contributed by atoms with Crippen LogP contribution in [0.1, 0.15) is 33.1 Å². The van der Waals surface area contributed by atoms with Crippen molar-refractivity contribution in [2.45, 2.75) is 39.2 Å². The van der Waals surface area contributed by atoms with Gasteiger partial charge in [0, 0.05) is 20.1 Å². The number of hydrogen-bond acceptors (Lipinski definition) is 2. The van der Waals surface area contributed by atoms with Crippen LogP contribution in [0.5, 0.6) is 0 Å². The quantitative estimate of drug-likeness (QED) is 0.583. The van der Waals surface area contributed by atoms with Gasteiger partial charge in [-0.05, 0) is 38.3 Å². The van der Waals surface area contributed by atoms with Crippen LogP contribution in [0.25, 0.3) is 0 Å². The fraction of sp³-hybridized carbons (Fsp3) is 0.923. The molecule has 0 aromatic heterocycles. The first-order chi connectivity index (χ1) is 8.00. The maximum absolute atomic E-state index is 5.85. The summed E-state index contributed by atoms with van der Waals surface area (Å²) in [5.74, 6) is 1.36. The largest absolute Gasteiger partial charge is 0.370 e. The molecule has 4 heteroatoms. The van der Waals surface area contributed by atoms with Gasteiger partial charge in [-0.3, -0.25) is 9.89 Å². The molecule has 0 aromatic carbocycles. The van der Waals surface area contributed by atoms with E-state index in [4.69, 9.17) is 5.73 Å². The van der Waals surface area contributed by atoms with Crippen molar-refractivity contribution in [1.29, 1.82) is 0 Å². The Balaban J connectivity index is 2.53. The molecule has 0 aromatic rings. The molecule has 0 bridgehead atoms.